The van der Waals surface area contributed by atoms with Crippen LogP contribution in [0.5, 0.6) is 0 Å². The fraction of sp³-hybridized carbons (Fsp3) is 0.300. The van der Waals surface area contributed by atoms with E-state index in [-0.39, 0.29) is 5.56 Å². The van der Waals surface area contributed by atoms with Gasteiger partial charge in [0, 0.05) is 37.0 Å². The minimum Gasteiger partial charge on any atom is -0.294 e. The number of benzene rings is 1. The summed E-state index contributed by atoms with van der Waals surface area (Å²) in [6.07, 6.45) is 6.79. The molecule has 0 unspecified atom stereocenters. The standard InChI is InChI=1S/C20H22N4O/c1-15-12-19-21-17(13-20(25)24(19)22-15)14-23(18-9-10-18)11-5-8-16-6-3-2-4-7-16/h2-8,12-13,18,22H,9-11,14H2,1H3/b8-5+. The quantitative estimate of drug-likeness (QED) is 0.754. The van der Waals surface area contributed by atoms with E-state index >= 15 is 0 Å². The van der Waals surface area contributed by atoms with Crippen molar-refractivity contribution in [3.8, 4) is 0 Å². The molecule has 0 amide bonds. The molecule has 0 spiro atoms. The van der Waals surface area contributed by atoms with Gasteiger partial charge in [0.25, 0.3) is 5.56 Å². The Morgan fingerprint density at radius 1 is 1.28 bits per heavy atom. The summed E-state index contributed by atoms with van der Waals surface area (Å²) >= 11 is 0. The lowest BCUT2D eigenvalue weighted by Gasteiger charge is -2.19. The lowest BCUT2D eigenvalue weighted by atomic mass is 10.2. The summed E-state index contributed by atoms with van der Waals surface area (Å²) < 4.78 is 1.50. The highest BCUT2D eigenvalue weighted by atomic mass is 16.1. The van der Waals surface area contributed by atoms with Gasteiger partial charge in [0.05, 0.1) is 5.69 Å². The Hall–Kier alpha value is -2.66. The van der Waals surface area contributed by atoms with Crippen molar-refractivity contribution in [1.29, 1.82) is 0 Å². The summed E-state index contributed by atoms with van der Waals surface area (Å²) in [6.45, 7) is 3.51. The first-order valence-electron chi connectivity index (χ1n) is 8.73. The van der Waals surface area contributed by atoms with Gasteiger partial charge in [0.15, 0.2) is 5.65 Å². The Labute approximate surface area is 146 Å². The predicted molar refractivity (Wildman–Crippen MR) is 99.5 cm³/mol. The number of fused-ring (bicyclic) bond motifs is 1. The Kier molecular flexibility index (Phi) is 4.24. The van der Waals surface area contributed by atoms with Gasteiger partial charge in [-0.15, -0.1) is 0 Å². The second-order valence-electron chi connectivity index (χ2n) is 6.69. The number of rotatable bonds is 6. The fourth-order valence-corrected chi connectivity index (χ4v) is 3.12. The third-order valence-electron chi connectivity index (χ3n) is 4.51. The van der Waals surface area contributed by atoms with Gasteiger partial charge >= 0.3 is 0 Å². The van der Waals surface area contributed by atoms with Crippen molar-refractivity contribution in [3.05, 3.63) is 75.8 Å². The van der Waals surface area contributed by atoms with Gasteiger partial charge in [-0.3, -0.25) is 14.8 Å². The summed E-state index contributed by atoms with van der Waals surface area (Å²) in [5.74, 6) is 0. The normalized spacial score (nSPS) is 14.8. The number of nitrogens with one attached hydrogen (secondary N) is 1. The minimum atomic E-state index is -0.0522. The van der Waals surface area contributed by atoms with Gasteiger partial charge in [-0.05, 0) is 25.3 Å². The lowest BCUT2D eigenvalue weighted by Crippen LogP contribution is -2.27. The van der Waals surface area contributed by atoms with Crippen molar-refractivity contribution in [3.63, 3.8) is 0 Å². The molecule has 5 nitrogen and oxygen atoms in total. The molecule has 2 heterocycles. The highest BCUT2D eigenvalue weighted by molar-refractivity contribution is 5.48. The molecule has 2 aromatic heterocycles. The van der Waals surface area contributed by atoms with Gasteiger partial charge in [0.1, 0.15) is 0 Å². The van der Waals surface area contributed by atoms with E-state index in [2.05, 4.69) is 39.3 Å². The van der Waals surface area contributed by atoms with Crippen LogP contribution < -0.4 is 5.56 Å². The molecule has 1 fully saturated rings. The Bertz CT molecular complexity index is 951. The van der Waals surface area contributed by atoms with E-state index in [9.17, 15) is 4.79 Å². The molecule has 0 aliphatic heterocycles. The molecular weight excluding hydrogens is 312 g/mol. The zero-order valence-corrected chi connectivity index (χ0v) is 14.4. The third kappa shape index (κ3) is 3.72. The minimum absolute atomic E-state index is 0.0522. The van der Waals surface area contributed by atoms with Gasteiger partial charge < -0.3 is 0 Å². The molecule has 3 aromatic rings. The number of H-pyrrole nitrogens is 1. The smallest absolute Gasteiger partial charge is 0.272 e. The van der Waals surface area contributed by atoms with Gasteiger partial charge in [-0.1, -0.05) is 42.5 Å². The number of hydrogen-bond acceptors (Lipinski definition) is 3. The molecule has 4 rings (SSSR count). The van der Waals surface area contributed by atoms with Crippen molar-refractivity contribution >= 4 is 11.7 Å². The molecular formula is C20H22N4O. The SMILES string of the molecule is Cc1cc2nc(CN(C/C=C/c3ccccc3)C3CC3)cc(=O)n2[nH]1. The van der Waals surface area contributed by atoms with E-state index in [1.54, 1.807) is 6.07 Å². The molecule has 5 heteroatoms. The molecule has 0 saturated heterocycles. The largest absolute Gasteiger partial charge is 0.294 e. The Morgan fingerprint density at radius 3 is 2.84 bits per heavy atom. The monoisotopic (exact) mass is 334 g/mol. The van der Waals surface area contributed by atoms with E-state index < -0.39 is 0 Å². The third-order valence-corrected chi connectivity index (χ3v) is 4.51. The molecule has 1 N–H and O–H groups in total. The summed E-state index contributed by atoms with van der Waals surface area (Å²) in [5, 5.41) is 3.01. The summed E-state index contributed by atoms with van der Waals surface area (Å²) in [5.41, 5.74) is 3.62. The number of aromatic nitrogens is 3. The second kappa shape index (κ2) is 6.69. The van der Waals surface area contributed by atoms with Crippen molar-refractivity contribution in [2.45, 2.75) is 32.4 Å². The van der Waals surface area contributed by atoms with Crippen LogP contribution in [-0.2, 0) is 6.54 Å². The first-order chi connectivity index (χ1) is 12.2. The zero-order valence-electron chi connectivity index (χ0n) is 14.4. The molecule has 1 saturated carbocycles. The molecule has 0 atom stereocenters. The van der Waals surface area contributed by atoms with E-state index in [0.29, 0.717) is 18.2 Å². The highest BCUT2D eigenvalue weighted by Crippen LogP contribution is 2.28. The fourth-order valence-electron chi connectivity index (χ4n) is 3.12. The van der Waals surface area contributed by atoms with Gasteiger partial charge in [0.2, 0.25) is 0 Å². The molecule has 0 bridgehead atoms. The van der Waals surface area contributed by atoms with Crippen LogP contribution in [0.1, 0.15) is 29.8 Å². The number of hydrogen-bond donors (Lipinski definition) is 1. The maximum Gasteiger partial charge on any atom is 0.272 e. The Morgan fingerprint density at radius 2 is 2.08 bits per heavy atom. The maximum absolute atomic E-state index is 12.2. The van der Waals surface area contributed by atoms with Crippen LogP contribution in [-0.4, -0.2) is 32.1 Å². The average molecular weight is 334 g/mol. The van der Waals surface area contributed by atoms with Crippen LogP contribution in [0.4, 0.5) is 0 Å². The van der Waals surface area contributed by atoms with Gasteiger partial charge in [-0.25, -0.2) is 9.50 Å². The van der Waals surface area contributed by atoms with E-state index in [0.717, 1.165) is 17.9 Å². The van der Waals surface area contributed by atoms with Crippen molar-refractivity contribution < 1.29 is 0 Å². The molecule has 128 valence electrons. The number of nitrogens with zero attached hydrogens (tertiary/aromatic N) is 3. The summed E-state index contributed by atoms with van der Waals surface area (Å²) in [6, 6.07) is 14.5. The molecule has 1 aromatic carbocycles. The maximum atomic E-state index is 12.2. The Balaban J connectivity index is 1.50. The van der Waals surface area contributed by atoms with Crippen LogP contribution in [0.3, 0.4) is 0 Å². The zero-order chi connectivity index (χ0) is 17.2. The van der Waals surface area contributed by atoms with E-state index in [1.165, 1.54) is 22.9 Å². The highest BCUT2D eigenvalue weighted by Gasteiger charge is 2.28. The van der Waals surface area contributed by atoms with Crippen molar-refractivity contribution in [2.24, 2.45) is 0 Å². The van der Waals surface area contributed by atoms with Crippen LogP contribution in [0, 0.1) is 6.92 Å². The van der Waals surface area contributed by atoms with Crippen molar-refractivity contribution in [2.75, 3.05) is 6.54 Å². The first kappa shape index (κ1) is 15.8. The van der Waals surface area contributed by atoms with Crippen LogP contribution in [0.2, 0.25) is 0 Å². The summed E-state index contributed by atoms with van der Waals surface area (Å²) in [4.78, 5) is 19.3. The van der Waals surface area contributed by atoms with E-state index in [4.69, 9.17) is 0 Å². The predicted octanol–water partition coefficient (Wildman–Crippen LogP) is 3.01. The molecule has 25 heavy (non-hydrogen) atoms. The molecule has 1 aliphatic rings. The molecule has 0 radical (unpaired) electrons. The number of aryl methyl sites for hydroxylation is 1. The van der Waals surface area contributed by atoms with Crippen LogP contribution in [0.15, 0.2) is 53.3 Å². The topological polar surface area (TPSA) is 53.4 Å². The average Bonchev–Trinajstić information content (AvgIpc) is 3.37. The first-order valence-corrected chi connectivity index (χ1v) is 8.73. The lowest BCUT2D eigenvalue weighted by molar-refractivity contribution is 0.280. The van der Waals surface area contributed by atoms with Crippen LogP contribution >= 0.6 is 0 Å². The second-order valence-corrected chi connectivity index (χ2v) is 6.69. The van der Waals surface area contributed by atoms with Gasteiger partial charge in [-0.2, -0.15) is 0 Å². The number of aromatic amines is 1. The van der Waals surface area contributed by atoms with E-state index in [1.807, 2.05) is 31.2 Å². The van der Waals surface area contributed by atoms with Crippen LogP contribution in [0.25, 0.3) is 11.7 Å². The summed E-state index contributed by atoms with van der Waals surface area (Å²) in [7, 11) is 0. The molecule has 1 aliphatic carbocycles. The van der Waals surface area contributed by atoms with Crippen molar-refractivity contribution in [1.82, 2.24) is 19.5 Å².